The number of amides is 1. The molecule has 9 heteroatoms. The number of carbonyl (C=O) groups excluding carboxylic acids is 1. The molecule has 1 aliphatic heterocycles. The first-order chi connectivity index (χ1) is 15.2. The highest BCUT2D eigenvalue weighted by Gasteiger charge is 2.15. The Bertz CT molecular complexity index is 1170. The van der Waals surface area contributed by atoms with Crippen LogP contribution in [0, 0.1) is 6.92 Å². The van der Waals surface area contributed by atoms with E-state index in [1.807, 2.05) is 37.4 Å². The van der Waals surface area contributed by atoms with Crippen LogP contribution in [0.2, 0.25) is 0 Å². The number of pyridine rings is 1. The summed E-state index contributed by atoms with van der Waals surface area (Å²) >= 11 is 3.13. The van der Waals surface area contributed by atoms with Gasteiger partial charge in [-0.1, -0.05) is 41.7 Å². The number of hydrogen-bond acceptors (Lipinski definition) is 8. The molecule has 4 aromatic rings. The van der Waals surface area contributed by atoms with Crippen molar-refractivity contribution in [1.82, 2.24) is 20.5 Å². The maximum absolute atomic E-state index is 10.1. The molecular weight excluding hydrogens is 428 g/mol. The van der Waals surface area contributed by atoms with Gasteiger partial charge in [0, 0.05) is 35.1 Å². The van der Waals surface area contributed by atoms with Crippen LogP contribution in [0.1, 0.15) is 22.6 Å². The lowest BCUT2D eigenvalue weighted by Gasteiger charge is -2.06. The number of nitrogens with one attached hydrogen (secondary N) is 3. The van der Waals surface area contributed by atoms with Crippen molar-refractivity contribution in [3.05, 3.63) is 52.5 Å². The van der Waals surface area contributed by atoms with Gasteiger partial charge in [-0.3, -0.25) is 4.79 Å². The first-order valence-corrected chi connectivity index (χ1v) is 11.7. The van der Waals surface area contributed by atoms with Crippen LogP contribution in [-0.2, 0) is 17.8 Å². The fourth-order valence-corrected chi connectivity index (χ4v) is 5.27. The number of anilines is 2. The Morgan fingerprint density at radius 2 is 2.00 bits per heavy atom. The molecular formula is C22H24N6OS2. The van der Waals surface area contributed by atoms with Crippen molar-refractivity contribution in [2.75, 3.05) is 24.2 Å². The highest BCUT2D eigenvalue weighted by atomic mass is 32.1. The fourth-order valence-electron chi connectivity index (χ4n) is 3.53. The lowest BCUT2D eigenvalue weighted by Crippen LogP contribution is -2.12. The predicted molar refractivity (Wildman–Crippen MR) is 129 cm³/mol. The van der Waals surface area contributed by atoms with Crippen molar-refractivity contribution in [3.63, 3.8) is 0 Å². The van der Waals surface area contributed by atoms with Crippen LogP contribution in [-0.4, -0.2) is 35.2 Å². The van der Waals surface area contributed by atoms with E-state index in [9.17, 15) is 4.79 Å². The van der Waals surface area contributed by atoms with Gasteiger partial charge < -0.3 is 16.0 Å². The van der Waals surface area contributed by atoms with Gasteiger partial charge in [-0.15, -0.1) is 21.5 Å². The molecule has 1 aliphatic rings. The second-order valence-electron chi connectivity index (χ2n) is 7.05. The van der Waals surface area contributed by atoms with Crippen LogP contribution >= 0.6 is 22.7 Å². The molecule has 0 radical (unpaired) electrons. The number of rotatable bonds is 4. The van der Waals surface area contributed by atoms with E-state index in [4.69, 9.17) is 4.98 Å². The minimum atomic E-state index is 0.513. The second-order valence-corrected chi connectivity index (χ2v) is 9.23. The van der Waals surface area contributed by atoms with E-state index in [-0.39, 0.29) is 0 Å². The number of benzene rings is 1. The second kappa shape index (κ2) is 9.95. The molecule has 0 atom stereocenters. The standard InChI is InChI=1S/C13H17N3S.C9H7N3OS/c1-8-12(14-2)10-6-9-7-15-5-3-4-11(9)16-13(10)17-8;13-6-10-9-12-11-8(14-9)7-4-2-1-3-5-7/h6,14-15H,3-5,7H2,1-2H3;1-6H,(H,10,12,13). The zero-order chi connectivity index (χ0) is 21.6. The van der Waals surface area contributed by atoms with Gasteiger partial charge in [0.25, 0.3) is 0 Å². The summed E-state index contributed by atoms with van der Waals surface area (Å²) in [5, 5.41) is 19.6. The smallest absolute Gasteiger partial charge is 0.213 e. The summed E-state index contributed by atoms with van der Waals surface area (Å²) < 4.78 is 0. The molecule has 4 heterocycles. The topological polar surface area (TPSA) is 91.8 Å². The van der Waals surface area contributed by atoms with Crippen molar-refractivity contribution >= 4 is 50.1 Å². The Hall–Kier alpha value is -2.88. The number of fused-ring (bicyclic) bond motifs is 2. The van der Waals surface area contributed by atoms with Crippen molar-refractivity contribution in [2.24, 2.45) is 0 Å². The molecule has 0 saturated carbocycles. The van der Waals surface area contributed by atoms with Crippen LogP contribution in [0.25, 0.3) is 20.8 Å². The maximum atomic E-state index is 10.1. The van der Waals surface area contributed by atoms with Crippen LogP contribution in [0.3, 0.4) is 0 Å². The van der Waals surface area contributed by atoms with Gasteiger partial charge in [0.05, 0.1) is 5.69 Å². The third-order valence-corrected chi connectivity index (χ3v) is 6.91. The van der Waals surface area contributed by atoms with Crippen LogP contribution in [0.4, 0.5) is 10.8 Å². The monoisotopic (exact) mass is 452 g/mol. The van der Waals surface area contributed by atoms with E-state index in [1.165, 1.54) is 49.8 Å². The SMILES string of the molecule is CNc1c(C)sc2nc3c(cc12)CNCCC3.O=CNc1nnc(-c2ccccc2)s1. The minimum Gasteiger partial charge on any atom is -0.387 e. The van der Waals surface area contributed by atoms with E-state index < -0.39 is 0 Å². The first-order valence-electron chi connectivity index (χ1n) is 10.1. The Kier molecular flexibility index (Phi) is 6.86. The summed E-state index contributed by atoms with van der Waals surface area (Å²) in [4.78, 5) is 17.5. The molecule has 0 fully saturated rings. The van der Waals surface area contributed by atoms with E-state index in [2.05, 4.69) is 39.1 Å². The van der Waals surface area contributed by atoms with Crippen molar-refractivity contribution < 1.29 is 4.79 Å². The molecule has 160 valence electrons. The van der Waals surface area contributed by atoms with Gasteiger partial charge in [-0.05, 0) is 37.9 Å². The number of aromatic nitrogens is 3. The molecule has 5 rings (SSSR count). The third kappa shape index (κ3) is 4.90. The molecule has 1 amide bonds. The summed E-state index contributed by atoms with van der Waals surface area (Å²) in [6.45, 7) is 4.21. The molecule has 3 N–H and O–H groups in total. The highest BCUT2D eigenvalue weighted by Crippen LogP contribution is 2.35. The van der Waals surface area contributed by atoms with Gasteiger partial charge in [0.1, 0.15) is 9.84 Å². The number of hydrogen-bond donors (Lipinski definition) is 3. The van der Waals surface area contributed by atoms with Crippen molar-refractivity contribution in [1.29, 1.82) is 0 Å². The van der Waals surface area contributed by atoms with Gasteiger partial charge in [-0.25, -0.2) is 4.98 Å². The Balaban J connectivity index is 0.000000152. The van der Waals surface area contributed by atoms with Crippen LogP contribution in [0.15, 0.2) is 36.4 Å². The van der Waals surface area contributed by atoms with Gasteiger partial charge in [0.2, 0.25) is 11.5 Å². The normalized spacial score (nSPS) is 13.0. The molecule has 3 aromatic heterocycles. The number of aryl methyl sites for hydroxylation is 2. The summed E-state index contributed by atoms with van der Waals surface area (Å²) in [5.74, 6) is 0. The molecule has 0 spiro atoms. The van der Waals surface area contributed by atoms with Crippen molar-refractivity contribution in [2.45, 2.75) is 26.3 Å². The summed E-state index contributed by atoms with van der Waals surface area (Å²) in [7, 11) is 1.98. The molecule has 0 saturated heterocycles. The zero-order valence-corrected chi connectivity index (χ0v) is 19.1. The molecule has 7 nitrogen and oxygen atoms in total. The van der Waals surface area contributed by atoms with Gasteiger partial charge in [0.15, 0.2) is 0 Å². The number of carbonyl (C=O) groups is 1. The summed E-state index contributed by atoms with van der Waals surface area (Å²) in [5.41, 5.74) is 4.89. The van der Waals surface area contributed by atoms with Gasteiger partial charge >= 0.3 is 0 Å². The Morgan fingerprint density at radius 1 is 1.16 bits per heavy atom. The largest absolute Gasteiger partial charge is 0.387 e. The average Bonchev–Trinajstić information content (AvgIpc) is 3.29. The number of thiophene rings is 1. The lowest BCUT2D eigenvalue weighted by molar-refractivity contribution is -0.105. The highest BCUT2D eigenvalue weighted by molar-refractivity contribution is 7.19. The quantitative estimate of drug-likeness (QED) is 0.396. The summed E-state index contributed by atoms with van der Waals surface area (Å²) in [6.07, 6.45) is 2.88. The molecule has 0 aliphatic carbocycles. The maximum Gasteiger partial charge on any atom is 0.213 e. The molecule has 31 heavy (non-hydrogen) atoms. The fraction of sp³-hybridized carbons (Fsp3) is 0.273. The Labute approximate surface area is 189 Å². The van der Waals surface area contributed by atoms with E-state index in [1.54, 1.807) is 11.3 Å². The number of nitrogens with zero attached hydrogens (tertiary/aromatic N) is 3. The first kappa shape index (κ1) is 21.4. The Morgan fingerprint density at radius 3 is 2.77 bits per heavy atom. The van der Waals surface area contributed by atoms with Crippen LogP contribution in [0.5, 0.6) is 0 Å². The molecule has 0 unspecified atom stereocenters. The van der Waals surface area contributed by atoms with Crippen molar-refractivity contribution in [3.8, 4) is 10.6 Å². The average molecular weight is 453 g/mol. The van der Waals surface area contributed by atoms with E-state index >= 15 is 0 Å². The van der Waals surface area contributed by atoms with Gasteiger partial charge in [-0.2, -0.15) is 0 Å². The van der Waals surface area contributed by atoms with Crippen LogP contribution < -0.4 is 16.0 Å². The predicted octanol–water partition coefficient (Wildman–Crippen LogP) is 4.46. The third-order valence-electron chi connectivity index (χ3n) is 4.99. The minimum absolute atomic E-state index is 0.513. The molecule has 0 bridgehead atoms. The van der Waals surface area contributed by atoms with E-state index in [0.717, 1.165) is 30.1 Å². The zero-order valence-electron chi connectivity index (χ0n) is 17.4. The lowest BCUT2D eigenvalue weighted by atomic mass is 10.1. The summed E-state index contributed by atoms with van der Waals surface area (Å²) in [6, 6.07) is 12.0. The molecule has 1 aromatic carbocycles. The van der Waals surface area contributed by atoms with E-state index in [0.29, 0.717) is 11.5 Å².